The maximum absolute atomic E-state index is 14.0. The van der Waals surface area contributed by atoms with Crippen LogP contribution in [0.5, 0.6) is 0 Å². The fraction of sp³-hybridized carbons (Fsp3) is 0.815. The number of ether oxygens (including phenoxy) is 2. The van der Waals surface area contributed by atoms with Gasteiger partial charge in [0.25, 0.3) is 0 Å². The van der Waals surface area contributed by atoms with Crippen molar-refractivity contribution in [3.8, 4) is 0 Å². The van der Waals surface area contributed by atoms with Crippen molar-refractivity contribution < 1.29 is 93.5 Å². The minimum Gasteiger partial charge on any atom is -0.456 e. The molecule has 3 aliphatic carbocycles. The number of rotatable bonds is 4. The first-order valence-corrected chi connectivity index (χ1v) is 13.2. The van der Waals surface area contributed by atoms with Gasteiger partial charge in [0.1, 0.15) is 17.8 Å². The third-order valence-electron chi connectivity index (χ3n) is 10.3. The monoisotopic (exact) mass is 766 g/mol. The smallest absolute Gasteiger partial charge is 0.337 e. The number of fused-ring (bicyclic) bond motifs is 5. The molecule has 0 aromatic rings. The third-order valence-corrected chi connectivity index (χ3v) is 10.3. The zero-order valence-electron chi connectivity index (χ0n) is 23.6. The first-order valence-electron chi connectivity index (χ1n) is 13.2. The van der Waals surface area contributed by atoms with E-state index in [1.165, 1.54) is 20.8 Å². The molecule has 7 unspecified atom stereocenters. The van der Waals surface area contributed by atoms with Crippen LogP contribution in [0.25, 0.3) is 0 Å². The van der Waals surface area contributed by atoms with E-state index in [0.717, 1.165) is 0 Å². The summed E-state index contributed by atoms with van der Waals surface area (Å²) in [4.78, 5) is 38.3. The van der Waals surface area contributed by atoms with Crippen molar-refractivity contribution in [3.05, 3.63) is 11.1 Å². The van der Waals surface area contributed by atoms with Crippen LogP contribution in [0.15, 0.2) is 11.1 Å². The number of hydrogen-bond donors (Lipinski definition) is 6. The maximum Gasteiger partial charge on any atom is 0.337 e. The zero-order valence-corrected chi connectivity index (χ0v) is 28.3. The Morgan fingerprint density at radius 2 is 1.77 bits per heavy atom. The number of amides is 1. The van der Waals surface area contributed by atoms with Crippen LogP contribution in [-0.4, -0.2) is 97.6 Å². The van der Waals surface area contributed by atoms with Gasteiger partial charge in [-0.25, -0.2) is 4.79 Å². The van der Waals surface area contributed by atoms with E-state index in [9.17, 15) is 39.9 Å². The number of hydrogen-bond acceptors (Lipinski definition) is 10. The van der Waals surface area contributed by atoms with Crippen LogP contribution in [0.4, 0.5) is 0 Å². The Morgan fingerprint density at radius 3 is 2.28 bits per heavy atom. The maximum atomic E-state index is 14.0. The van der Waals surface area contributed by atoms with E-state index in [-0.39, 0.29) is 69.1 Å². The summed E-state index contributed by atoms with van der Waals surface area (Å²) >= 11 is 0. The molecule has 2 saturated carbocycles. The fourth-order valence-corrected chi connectivity index (χ4v) is 7.93. The summed E-state index contributed by atoms with van der Waals surface area (Å²) in [6, 6.07) is -0.943. The standard InChI is InChI=1S/C27H41NO10.Ac/c1-11-15(38-23(34)19(31)13(3)28-14(4)29)9-27(36)12(2)21-25(7,16(30)8-17-26(21,35)10-37-17)22(33)20(32)18(11)24(27,5)6;/h12-13,15-17,19-21,30-32,35-36H,8-10H2,1-7H3,(H,28,29);/t12-,13-,15?,16?,17?,19?,20?,21?,25+,26-,27?;/m0./s1. The van der Waals surface area contributed by atoms with Gasteiger partial charge >= 0.3 is 5.97 Å². The molecule has 1 amide bonds. The summed E-state index contributed by atoms with van der Waals surface area (Å²) in [6.45, 7) is 10.8. The zero-order chi connectivity index (χ0) is 28.7. The number of aliphatic hydroxyl groups excluding tert-OH is 3. The Labute approximate surface area is 264 Å². The van der Waals surface area contributed by atoms with Crippen molar-refractivity contribution in [2.45, 2.75) is 109 Å². The van der Waals surface area contributed by atoms with Crippen LogP contribution in [0.2, 0.25) is 0 Å². The first kappa shape index (κ1) is 33.1. The average molecular weight is 767 g/mol. The molecule has 0 spiro atoms. The quantitative estimate of drug-likeness (QED) is 0.159. The van der Waals surface area contributed by atoms with E-state index >= 15 is 0 Å². The predicted octanol–water partition coefficient (Wildman–Crippen LogP) is -0.642. The second kappa shape index (κ2) is 10.7. The molecule has 1 heterocycles. The van der Waals surface area contributed by atoms with Gasteiger partial charge in [0.05, 0.1) is 35.9 Å². The van der Waals surface area contributed by atoms with Crippen LogP contribution < -0.4 is 5.32 Å². The van der Waals surface area contributed by atoms with Gasteiger partial charge in [-0.1, -0.05) is 20.8 Å². The van der Waals surface area contributed by atoms with E-state index in [0.29, 0.717) is 5.57 Å². The molecule has 1 saturated heterocycles. The van der Waals surface area contributed by atoms with E-state index in [1.54, 1.807) is 27.7 Å². The molecule has 1 aliphatic heterocycles. The molecule has 6 N–H and O–H groups in total. The molecule has 217 valence electrons. The minimum absolute atomic E-state index is 0. The molecule has 39 heavy (non-hydrogen) atoms. The summed E-state index contributed by atoms with van der Waals surface area (Å²) in [5, 5.41) is 59.7. The van der Waals surface area contributed by atoms with Crippen molar-refractivity contribution >= 4 is 17.7 Å². The van der Waals surface area contributed by atoms with Gasteiger partial charge < -0.3 is 40.3 Å². The van der Waals surface area contributed by atoms with Crippen molar-refractivity contribution in [3.63, 3.8) is 0 Å². The number of carbonyl (C=O) groups excluding carboxylic acids is 3. The van der Waals surface area contributed by atoms with Crippen LogP contribution in [0, 0.1) is 66.7 Å². The molecule has 12 heteroatoms. The molecular formula is C27H41AcNO10. The summed E-state index contributed by atoms with van der Waals surface area (Å²) in [7, 11) is 0. The molecular weight excluding hydrogens is 725 g/mol. The number of carbonyl (C=O) groups is 3. The Hall–Kier alpha value is -0.448. The molecule has 4 rings (SSSR count). The topological polar surface area (TPSA) is 183 Å². The summed E-state index contributed by atoms with van der Waals surface area (Å²) in [6.07, 6.45) is -6.65. The van der Waals surface area contributed by atoms with Crippen LogP contribution >= 0.6 is 0 Å². The van der Waals surface area contributed by atoms with E-state index < -0.39 is 88.1 Å². The Morgan fingerprint density at radius 1 is 1.18 bits per heavy atom. The number of Topliss-reactive ketones (excluding diaryl/α,β-unsaturated/α-hetero) is 1. The molecule has 2 bridgehead atoms. The number of aliphatic hydroxyl groups is 5. The van der Waals surface area contributed by atoms with E-state index in [4.69, 9.17) is 9.47 Å². The summed E-state index contributed by atoms with van der Waals surface area (Å²) < 4.78 is 11.2. The molecule has 1 radical (unpaired) electrons. The fourth-order valence-electron chi connectivity index (χ4n) is 7.93. The molecule has 4 aliphatic rings. The Kier molecular flexibility index (Phi) is 9.05. The molecule has 11 nitrogen and oxygen atoms in total. The van der Waals surface area contributed by atoms with Gasteiger partial charge in [-0.2, -0.15) is 0 Å². The van der Waals surface area contributed by atoms with Gasteiger partial charge in [-0.05, 0) is 37.8 Å². The summed E-state index contributed by atoms with van der Waals surface area (Å²) in [5.41, 5.74) is -5.48. The Bertz CT molecular complexity index is 1080. The van der Waals surface area contributed by atoms with Gasteiger partial charge in [0.15, 0.2) is 11.9 Å². The average Bonchev–Trinajstić information content (AvgIpc) is 2.81. The van der Waals surface area contributed by atoms with E-state index in [1.807, 2.05) is 0 Å². The first-order chi connectivity index (χ1) is 17.4. The van der Waals surface area contributed by atoms with Crippen LogP contribution in [0.3, 0.4) is 0 Å². The predicted molar refractivity (Wildman–Crippen MR) is 132 cm³/mol. The van der Waals surface area contributed by atoms with Gasteiger partial charge in [0, 0.05) is 75.2 Å². The number of ketones is 1. The largest absolute Gasteiger partial charge is 0.456 e. The van der Waals surface area contributed by atoms with Crippen molar-refractivity contribution in [2.75, 3.05) is 6.61 Å². The molecule has 11 atom stereocenters. The minimum atomic E-state index is -1.75. The van der Waals surface area contributed by atoms with E-state index in [2.05, 4.69) is 5.32 Å². The Balaban J connectivity index is 0.00000420. The van der Waals surface area contributed by atoms with Crippen LogP contribution in [0.1, 0.15) is 61.3 Å². The SMILES string of the molecule is CC(=O)N[C@@H](C)C(O)C(=O)OC1CC2(O)[C@@H](C)C3[C@]4(O)COC4CC(O)[C@@]3(C)C(=O)C(O)C(=C1C)C2(C)C.[Ac]. The van der Waals surface area contributed by atoms with Crippen molar-refractivity contribution in [1.29, 1.82) is 0 Å². The third kappa shape index (κ3) is 4.60. The van der Waals surface area contributed by atoms with Crippen molar-refractivity contribution in [2.24, 2.45) is 22.7 Å². The number of esters is 1. The molecule has 0 aromatic heterocycles. The van der Waals surface area contributed by atoms with Gasteiger partial charge in [-0.15, -0.1) is 0 Å². The van der Waals surface area contributed by atoms with Crippen LogP contribution in [-0.2, 0) is 23.9 Å². The van der Waals surface area contributed by atoms with Gasteiger partial charge in [-0.3, -0.25) is 9.59 Å². The molecule has 3 fully saturated rings. The number of nitrogens with one attached hydrogen (secondary N) is 1. The molecule has 0 aromatic carbocycles. The second-order valence-electron chi connectivity index (χ2n) is 12.6. The normalized spacial score (nSPS) is 44.3. The van der Waals surface area contributed by atoms with Crippen molar-refractivity contribution in [1.82, 2.24) is 5.32 Å². The second-order valence-corrected chi connectivity index (χ2v) is 12.6. The van der Waals surface area contributed by atoms with Gasteiger partial charge in [0.2, 0.25) is 5.91 Å². The summed E-state index contributed by atoms with van der Waals surface area (Å²) in [5.74, 6) is -3.96.